The number of hydrogen-bond donors (Lipinski definition) is 0. The van der Waals surface area contributed by atoms with Crippen LogP contribution >= 0.6 is 39.1 Å². The Labute approximate surface area is 123 Å². The van der Waals surface area contributed by atoms with Gasteiger partial charge in [-0.1, -0.05) is 23.2 Å². The van der Waals surface area contributed by atoms with Crippen molar-refractivity contribution in [1.29, 1.82) is 0 Å². The lowest BCUT2D eigenvalue weighted by atomic mass is 10.3. The van der Waals surface area contributed by atoms with Crippen LogP contribution in [0.5, 0.6) is 5.75 Å². The van der Waals surface area contributed by atoms with Gasteiger partial charge >= 0.3 is 5.97 Å². The van der Waals surface area contributed by atoms with Gasteiger partial charge in [-0.25, -0.2) is 4.79 Å². The summed E-state index contributed by atoms with van der Waals surface area (Å²) in [5.74, 6) is -0.559. The van der Waals surface area contributed by atoms with Crippen LogP contribution in [0.25, 0.3) is 0 Å². The second-order valence-electron chi connectivity index (χ2n) is 3.01. The Balaban J connectivity index is 3.05. The van der Waals surface area contributed by atoms with E-state index in [0.29, 0.717) is 9.50 Å². The van der Waals surface area contributed by atoms with Crippen molar-refractivity contribution in [1.82, 2.24) is 0 Å². The lowest BCUT2D eigenvalue weighted by Gasteiger charge is -2.10. The molecule has 0 radical (unpaired) electrons. The minimum atomic E-state index is -0.681. The molecule has 0 atom stereocenters. The molecular formula is C11H9BrCl2O4. The summed E-state index contributed by atoms with van der Waals surface area (Å²) in [7, 11) is 2.61. The van der Waals surface area contributed by atoms with Gasteiger partial charge in [0.05, 0.1) is 24.3 Å². The first-order valence-corrected chi connectivity index (χ1v) is 6.18. The van der Waals surface area contributed by atoms with Crippen LogP contribution in [-0.4, -0.2) is 20.2 Å². The predicted octanol–water partition coefficient (Wildman–Crippen LogP) is 3.80. The molecule has 0 saturated heterocycles. The SMILES string of the molecule is COC=C(Oc1cc(Br)c(Cl)cc1Cl)C(=O)OC. The third kappa shape index (κ3) is 3.80. The van der Waals surface area contributed by atoms with Crippen LogP contribution in [0.2, 0.25) is 10.0 Å². The van der Waals surface area contributed by atoms with Crippen LogP contribution in [0.4, 0.5) is 0 Å². The molecule has 0 aliphatic carbocycles. The maximum Gasteiger partial charge on any atom is 0.377 e. The zero-order valence-electron chi connectivity index (χ0n) is 9.50. The molecule has 7 heteroatoms. The van der Waals surface area contributed by atoms with Gasteiger partial charge in [-0.3, -0.25) is 0 Å². The van der Waals surface area contributed by atoms with E-state index in [1.54, 1.807) is 0 Å². The first-order valence-electron chi connectivity index (χ1n) is 4.63. The molecular weight excluding hydrogens is 347 g/mol. The van der Waals surface area contributed by atoms with E-state index < -0.39 is 5.97 Å². The molecule has 0 bridgehead atoms. The highest BCUT2D eigenvalue weighted by Gasteiger charge is 2.16. The lowest BCUT2D eigenvalue weighted by molar-refractivity contribution is -0.138. The molecule has 18 heavy (non-hydrogen) atoms. The third-order valence-corrected chi connectivity index (χ3v) is 3.30. The predicted molar refractivity (Wildman–Crippen MR) is 71.9 cm³/mol. The van der Waals surface area contributed by atoms with E-state index in [0.717, 1.165) is 6.26 Å². The fourth-order valence-electron chi connectivity index (χ4n) is 1.02. The number of esters is 1. The highest BCUT2D eigenvalue weighted by molar-refractivity contribution is 9.10. The van der Waals surface area contributed by atoms with Gasteiger partial charge in [0, 0.05) is 4.47 Å². The summed E-state index contributed by atoms with van der Waals surface area (Å²) in [5.41, 5.74) is 0. The van der Waals surface area contributed by atoms with Gasteiger partial charge in [-0.15, -0.1) is 0 Å². The number of carbonyl (C=O) groups excluding carboxylic acids is 1. The minimum absolute atomic E-state index is 0.129. The average Bonchev–Trinajstić information content (AvgIpc) is 2.34. The van der Waals surface area contributed by atoms with Gasteiger partial charge in [0.25, 0.3) is 0 Å². The monoisotopic (exact) mass is 354 g/mol. The summed E-state index contributed by atoms with van der Waals surface area (Å²) in [4.78, 5) is 11.4. The first kappa shape index (κ1) is 15.1. The van der Waals surface area contributed by atoms with Crippen LogP contribution in [0.15, 0.2) is 28.6 Å². The van der Waals surface area contributed by atoms with Crippen molar-refractivity contribution >= 4 is 45.1 Å². The summed E-state index contributed by atoms with van der Waals surface area (Å²) < 4.78 is 15.2. The molecule has 0 unspecified atom stereocenters. The molecule has 0 fully saturated rings. The van der Waals surface area contributed by atoms with E-state index in [9.17, 15) is 4.79 Å². The van der Waals surface area contributed by atoms with Crippen molar-refractivity contribution < 1.29 is 19.0 Å². The number of methoxy groups -OCH3 is 2. The molecule has 98 valence electrons. The molecule has 0 saturated carbocycles. The fraction of sp³-hybridized carbons (Fsp3) is 0.182. The van der Waals surface area contributed by atoms with Gasteiger partial charge < -0.3 is 14.2 Å². The Kier molecular flexibility index (Phi) is 5.78. The Morgan fingerprint density at radius 1 is 1.28 bits per heavy atom. The second-order valence-corrected chi connectivity index (χ2v) is 4.68. The standard InChI is InChI=1S/C11H9BrCl2O4/c1-16-5-10(11(15)17-2)18-9-3-6(12)7(13)4-8(9)14/h3-5H,1-2H3. The Morgan fingerprint density at radius 3 is 2.50 bits per heavy atom. The molecule has 0 spiro atoms. The van der Waals surface area contributed by atoms with Crippen LogP contribution in [0.1, 0.15) is 0 Å². The zero-order chi connectivity index (χ0) is 13.7. The molecule has 1 aromatic carbocycles. The maximum absolute atomic E-state index is 11.4. The van der Waals surface area contributed by atoms with Crippen molar-refractivity contribution in [3.8, 4) is 5.75 Å². The highest BCUT2D eigenvalue weighted by atomic mass is 79.9. The zero-order valence-corrected chi connectivity index (χ0v) is 12.6. The van der Waals surface area contributed by atoms with Crippen molar-refractivity contribution in [3.63, 3.8) is 0 Å². The van der Waals surface area contributed by atoms with Gasteiger partial charge in [0.1, 0.15) is 12.0 Å². The van der Waals surface area contributed by atoms with Crippen molar-refractivity contribution in [2.45, 2.75) is 0 Å². The smallest absolute Gasteiger partial charge is 0.377 e. The van der Waals surface area contributed by atoms with E-state index in [1.165, 1.54) is 26.4 Å². The molecule has 0 aliphatic rings. The topological polar surface area (TPSA) is 44.8 Å². The normalized spacial score (nSPS) is 11.1. The Hall–Kier alpha value is -0.910. The van der Waals surface area contributed by atoms with Gasteiger partial charge in [-0.05, 0) is 28.1 Å². The van der Waals surface area contributed by atoms with Crippen LogP contribution < -0.4 is 4.74 Å². The van der Waals surface area contributed by atoms with Gasteiger partial charge in [-0.2, -0.15) is 0 Å². The molecule has 4 nitrogen and oxygen atoms in total. The van der Waals surface area contributed by atoms with Crippen molar-refractivity contribution in [3.05, 3.63) is 38.7 Å². The summed E-state index contributed by atoms with van der Waals surface area (Å²) in [5, 5.41) is 0.691. The van der Waals surface area contributed by atoms with Gasteiger partial charge in [0.2, 0.25) is 5.76 Å². The van der Waals surface area contributed by atoms with E-state index in [2.05, 4.69) is 20.7 Å². The highest BCUT2D eigenvalue weighted by Crippen LogP contribution is 2.35. The largest absolute Gasteiger partial charge is 0.500 e. The van der Waals surface area contributed by atoms with Gasteiger partial charge in [0.15, 0.2) is 0 Å². The fourth-order valence-corrected chi connectivity index (χ4v) is 1.77. The van der Waals surface area contributed by atoms with Crippen molar-refractivity contribution in [2.75, 3.05) is 14.2 Å². The summed E-state index contributed by atoms with van der Waals surface area (Å²) >= 11 is 15.0. The lowest BCUT2D eigenvalue weighted by Crippen LogP contribution is -2.11. The molecule has 0 aliphatic heterocycles. The molecule has 0 N–H and O–H groups in total. The maximum atomic E-state index is 11.4. The second kappa shape index (κ2) is 6.87. The molecule has 0 heterocycles. The number of rotatable bonds is 4. The molecule has 0 aromatic heterocycles. The Bertz CT molecular complexity index is 488. The quantitative estimate of drug-likeness (QED) is 0.356. The number of halogens is 3. The first-order chi connectivity index (χ1) is 8.49. The number of carbonyl (C=O) groups is 1. The molecule has 1 aromatic rings. The van der Waals surface area contributed by atoms with E-state index in [-0.39, 0.29) is 16.5 Å². The third-order valence-electron chi connectivity index (χ3n) is 1.81. The average molecular weight is 356 g/mol. The van der Waals surface area contributed by atoms with E-state index in [1.807, 2.05) is 0 Å². The minimum Gasteiger partial charge on any atom is -0.500 e. The van der Waals surface area contributed by atoms with Crippen LogP contribution in [0.3, 0.4) is 0 Å². The molecule has 1 rings (SSSR count). The summed E-state index contributed by atoms with van der Waals surface area (Å²) in [6.07, 6.45) is 1.12. The van der Waals surface area contributed by atoms with Crippen LogP contribution in [-0.2, 0) is 14.3 Å². The van der Waals surface area contributed by atoms with Crippen LogP contribution in [0, 0.1) is 0 Å². The summed E-state index contributed by atoms with van der Waals surface area (Å²) in [6.45, 7) is 0. The number of hydrogen-bond acceptors (Lipinski definition) is 4. The number of benzene rings is 1. The van der Waals surface area contributed by atoms with E-state index in [4.69, 9.17) is 32.7 Å². The molecule has 0 amide bonds. The van der Waals surface area contributed by atoms with Crippen molar-refractivity contribution in [2.24, 2.45) is 0 Å². The van der Waals surface area contributed by atoms with E-state index >= 15 is 0 Å². The number of ether oxygens (including phenoxy) is 3. The Morgan fingerprint density at radius 2 is 1.94 bits per heavy atom. The summed E-state index contributed by atoms with van der Waals surface area (Å²) in [6, 6.07) is 3.03.